The lowest BCUT2D eigenvalue weighted by molar-refractivity contribution is 0.102. The van der Waals surface area contributed by atoms with Crippen LogP contribution in [0, 0.1) is 5.82 Å². The summed E-state index contributed by atoms with van der Waals surface area (Å²) in [5, 5.41) is 6.70. The second kappa shape index (κ2) is 4.49. The largest absolute Gasteiger partial charge is 0.319 e. The van der Waals surface area contributed by atoms with Crippen LogP contribution < -0.4 is 5.32 Å². The number of rotatable bonds is 2. The molecule has 94 valence electrons. The second-order valence-electron chi connectivity index (χ2n) is 3.94. The first-order chi connectivity index (χ1) is 9.22. The number of aromatic nitrogens is 3. The summed E-state index contributed by atoms with van der Waals surface area (Å²) in [6.45, 7) is 0. The number of hydrogen-bond acceptors (Lipinski definition) is 3. The van der Waals surface area contributed by atoms with Gasteiger partial charge in [-0.2, -0.15) is 5.10 Å². The molecule has 5 nitrogen and oxygen atoms in total. The van der Waals surface area contributed by atoms with Gasteiger partial charge in [-0.15, -0.1) is 0 Å². The molecular formula is C13H9FN4O. The van der Waals surface area contributed by atoms with Gasteiger partial charge in [-0.05, 0) is 24.3 Å². The van der Waals surface area contributed by atoms with Crippen molar-refractivity contribution in [1.29, 1.82) is 0 Å². The molecule has 0 aliphatic heterocycles. The van der Waals surface area contributed by atoms with Gasteiger partial charge >= 0.3 is 0 Å². The Hall–Kier alpha value is -2.76. The summed E-state index contributed by atoms with van der Waals surface area (Å²) in [7, 11) is 0. The van der Waals surface area contributed by atoms with E-state index in [0.29, 0.717) is 16.9 Å². The molecule has 0 spiro atoms. The number of nitrogens with zero attached hydrogens (tertiary/aromatic N) is 3. The highest BCUT2D eigenvalue weighted by atomic mass is 19.1. The lowest BCUT2D eigenvalue weighted by Gasteiger charge is -2.05. The number of fused-ring (bicyclic) bond motifs is 1. The van der Waals surface area contributed by atoms with Gasteiger partial charge in [0.25, 0.3) is 5.91 Å². The summed E-state index contributed by atoms with van der Waals surface area (Å²) >= 11 is 0. The van der Waals surface area contributed by atoms with Crippen LogP contribution in [0.5, 0.6) is 0 Å². The molecule has 0 unspecified atom stereocenters. The standard InChI is InChI=1S/C13H9FN4O/c14-10-3-1-9(2-4-10)13(19)17-11-7-15-12-5-6-16-18(12)8-11/h1-8H,(H,17,19). The minimum atomic E-state index is -0.379. The van der Waals surface area contributed by atoms with Crippen LogP contribution in [0.3, 0.4) is 0 Å². The predicted octanol–water partition coefficient (Wildman–Crippen LogP) is 2.12. The maximum Gasteiger partial charge on any atom is 0.255 e. The number of halogens is 1. The third kappa shape index (κ3) is 2.28. The van der Waals surface area contributed by atoms with Gasteiger partial charge < -0.3 is 5.32 Å². The molecule has 2 heterocycles. The van der Waals surface area contributed by atoms with E-state index < -0.39 is 0 Å². The molecule has 1 amide bonds. The second-order valence-corrected chi connectivity index (χ2v) is 3.94. The van der Waals surface area contributed by atoms with Crippen molar-refractivity contribution in [3.8, 4) is 0 Å². The molecule has 19 heavy (non-hydrogen) atoms. The van der Waals surface area contributed by atoms with Crippen LogP contribution in [-0.2, 0) is 0 Å². The van der Waals surface area contributed by atoms with E-state index in [1.54, 1.807) is 29.2 Å². The molecular weight excluding hydrogens is 247 g/mol. The van der Waals surface area contributed by atoms with Crippen LogP contribution in [0.4, 0.5) is 10.1 Å². The quantitative estimate of drug-likeness (QED) is 0.764. The molecule has 0 aliphatic carbocycles. The van der Waals surface area contributed by atoms with E-state index in [0.717, 1.165) is 0 Å². The minimum Gasteiger partial charge on any atom is -0.319 e. The van der Waals surface area contributed by atoms with Crippen LogP contribution >= 0.6 is 0 Å². The summed E-state index contributed by atoms with van der Waals surface area (Å²) in [6.07, 6.45) is 4.82. The van der Waals surface area contributed by atoms with Crippen LogP contribution in [0.15, 0.2) is 48.9 Å². The van der Waals surface area contributed by atoms with Crippen LogP contribution in [-0.4, -0.2) is 20.5 Å². The molecule has 1 N–H and O–H groups in total. The summed E-state index contributed by atoms with van der Waals surface area (Å²) in [6, 6.07) is 7.08. The Morgan fingerprint density at radius 2 is 2.00 bits per heavy atom. The normalized spacial score (nSPS) is 10.6. The number of carbonyl (C=O) groups excluding carboxylic acids is 1. The lowest BCUT2D eigenvalue weighted by Crippen LogP contribution is -2.12. The first-order valence-electron chi connectivity index (χ1n) is 5.59. The summed E-state index contributed by atoms with van der Waals surface area (Å²) in [4.78, 5) is 16.0. The average Bonchev–Trinajstić information content (AvgIpc) is 2.87. The van der Waals surface area contributed by atoms with E-state index in [9.17, 15) is 9.18 Å². The molecule has 0 fully saturated rings. The van der Waals surface area contributed by atoms with Gasteiger partial charge in [-0.25, -0.2) is 13.9 Å². The molecule has 0 atom stereocenters. The summed E-state index contributed by atoms with van der Waals surface area (Å²) in [5.74, 6) is -0.704. The van der Waals surface area contributed by atoms with Crippen molar-refractivity contribution in [2.75, 3.05) is 5.32 Å². The maximum atomic E-state index is 12.8. The minimum absolute atomic E-state index is 0.326. The molecule has 2 aromatic heterocycles. The van der Waals surface area contributed by atoms with Crippen molar-refractivity contribution in [2.45, 2.75) is 0 Å². The molecule has 0 radical (unpaired) electrons. The monoisotopic (exact) mass is 256 g/mol. The zero-order valence-electron chi connectivity index (χ0n) is 9.75. The third-order valence-electron chi connectivity index (χ3n) is 2.61. The fourth-order valence-electron chi connectivity index (χ4n) is 1.68. The maximum absolute atomic E-state index is 12.8. The number of nitrogens with one attached hydrogen (secondary N) is 1. The van der Waals surface area contributed by atoms with Gasteiger partial charge in [-0.1, -0.05) is 0 Å². The fraction of sp³-hybridized carbons (Fsp3) is 0. The number of carbonyl (C=O) groups is 1. The molecule has 0 aliphatic rings. The van der Waals surface area contributed by atoms with Gasteiger partial charge in [0.1, 0.15) is 5.82 Å². The Balaban J connectivity index is 1.83. The molecule has 1 aromatic carbocycles. The molecule has 6 heteroatoms. The molecule has 3 rings (SSSR count). The van der Waals surface area contributed by atoms with E-state index in [-0.39, 0.29) is 11.7 Å². The number of anilines is 1. The van der Waals surface area contributed by atoms with E-state index in [1.165, 1.54) is 24.3 Å². The third-order valence-corrected chi connectivity index (χ3v) is 2.61. The topological polar surface area (TPSA) is 59.3 Å². The van der Waals surface area contributed by atoms with E-state index >= 15 is 0 Å². The Bertz CT molecular complexity index is 736. The van der Waals surface area contributed by atoms with E-state index in [4.69, 9.17) is 0 Å². The summed E-state index contributed by atoms with van der Waals surface area (Å²) in [5.41, 5.74) is 1.59. The Kier molecular flexibility index (Phi) is 2.68. The van der Waals surface area contributed by atoms with Crippen molar-refractivity contribution in [3.05, 3.63) is 60.3 Å². The SMILES string of the molecule is O=C(Nc1cnc2ccnn2c1)c1ccc(F)cc1. The van der Waals surface area contributed by atoms with Crippen LogP contribution in [0.1, 0.15) is 10.4 Å². The van der Waals surface area contributed by atoms with Crippen molar-refractivity contribution >= 4 is 17.2 Å². The van der Waals surface area contributed by atoms with Crippen LogP contribution in [0.2, 0.25) is 0 Å². The van der Waals surface area contributed by atoms with E-state index in [1.807, 2.05) is 0 Å². The van der Waals surface area contributed by atoms with Crippen molar-refractivity contribution in [3.63, 3.8) is 0 Å². The van der Waals surface area contributed by atoms with Crippen LogP contribution in [0.25, 0.3) is 5.65 Å². The zero-order chi connectivity index (χ0) is 13.2. The first kappa shape index (κ1) is 11.3. The Morgan fingerprint density at radius 1 is 1.21 bits per heavy atom. The van der Waals surface area contributed by atoms with Crippen molar-refractivity contribution in [1.82, 2.24) is 14.6 Å². The summed E-state index contributed by atoms with van der Waals surface area (Å²) < 4.78 is 14.3. The Morgan fingerprint density at radius 3 is 2.79 bits per heavy atom. The van der Waals surface area contributed by atoms with Gasteiger partial charge in [-0.3, -0.25) is 4.79 Å². The molecule has 0 saturated carbocycles. The lowest BCUT2D eigenvalue weighted by atomic mass is 10.2. The number of hydrogen-bond donors (Lipinski definition) is 1. The average molecular weight is 256 g/mol. The highest BCUT2D eigenvalue weighted by Crippen LogP contribution is 2.10. The van der Waals surface area contributed by atoms with Crippen molar-refractivity contribution in [2.24, 2.45) is 0 Å². The van der Waals surface area contributed by atoms with E-state index in [2.05, 4.69) is 15.4 Å². The highest BCUT2D eigenvalue weighted by Gasteiger charge is 2.07. The predicted molar refractivity (Wildman–Crippen MR) is 67.3 cm³/mol. The van der Waals surface area contributed by atoms with Gasteiger partial charge in [0, 0.05) is 11.6 Å². The van der Waals surface area contributed by atoms with Gasteiger partial charge in [0.15, 0.2) is 5.65 Å². The van der Waals surface area contributed by atoms with Crippen molar-refractivity contribution < 1.29 is 9.18 Å². The molecule has 3 aromatic rings. The van der Waals surface area contributed by atoms with Gasteiger partial charge in [0.05, 0.1) is 24.3 Å². The van der Waals surface area contributed by atoms with Gasteiger partial charge in [0.2, 0.25) is 0 Å². The Labute approximate surface area is 107 Å². The molecule has 0 saturated heterocycles. The zero-order valence-corrected chi connectivity index (χ0v) is 9.75. The number of amides is 1. The molecule has 0 bridgehead atoms. The smallest absolute Gasteiger partial charge is 0.255 e. The first-order valence-corrected chi connectivity index (χ1v) is 5.59. The fourth-order valence-corrected chi connectivity index (χ4v) is 1.68. The number of benzene rings is 1. The highest BCUT2D eigenvalue weighted by molar-refractivity contribution is 6.04.